The van der Waals surface area contributed by atoms with E-state index in [-0.39, 0.29) is 5.52 Å². The average Bonchev–Trinajstić information content (AvgIpc) is 2.89. The second-order valence-electron chi connectivity index (χ2n) is 6.59. The van der Waals surface area contributed by atoms with Crippen molar-refractivity contribution in [3.8, 4) is 11.5 Å². The minimum absolute atomic E-state index is 0.228. The molecule has 28 heavy (non-hydrogen) atoms. The van der Waals surface area contributed by atoms with E-state index in [1.165, 1.54) is 6.20 Å². The Labute approximate surface area is 166 Å². The second kappa shape index (κ2) is 7.40. The maximum atomic E-state index is 13.0. The Hall–Kier alpha value is -2.07. The number of alkyl halides is 3. The van der Waals surface area contributed by atoms with E-state index >= 15 is 0 Å². The number of fused-ring (bicyclic) bond motifs is 1. The van der Waals surface area contributed by atoms with Crippen molar-refractivity contribution in [1.82, 2.24) is 19.5 Å². The van der Waals surface area contributed by atoms with Gasteiger partial charge >= 0.3 is 6.18 Å². The van der Waals surface area contributed by atoms with Gasteiger partial charge in [0, 0.05) is 11.9 Å². The lowest BCUT2D eigenvalue weighted by Gasteiger charge is -2.09. The Morgan fingerprint density at radius 3 is 2.54 bits per heavy atom. The number of aromatic nitrogens is 4. The Morgan fingerprint density at radius 2 is 1.93 bits per heavy atom. The van der Waals surface area contributed by atoms with Crippen LogP contribution < -0.4 is 0 Å². The molecule has 3 aromatic rings. The third kappa shape index (κ3) is 4.33. The van der Waals surface area contributed by atoms with Crippen molar-refractivity contribution in [3.63, 3.8) is 0 Å². The molecule has 0 aliphatic carbocycles. The van der Waals surface area contributed by atoms with Crippen LogP contribution in [0.5, 0.6) is 0 Å². The van der Waals surface area contributed by atoms with Gasteiger partial charge in [-0.2, -0.15) is 13.2 Å². The summed E-state index contributed by atoms with van der Waals surface area (Å²) in [4.78, 5) is 13.3. The van der Waals surface area contributed by atoms with Crippen molar-refractivity contribution in [2.75, 3.05) is 18.3 Å². The highest BCUT2D eigenvalue weighted by Gasteiger charge is 2.33. The molecule has 0 aliphatic heterocycles. The van der Waals surface area contributed by atoms with Crippen LogP contribution in [0.15, 0.2) is 33.8 Å². The third-order valence-corrected chi connectivity index (χ3v) is 5.38. The third-order valence-electron chi connectivity index (χ3n) is 3.76. The highest BCUT2D eigenvalue weighted by molar-refractivity contribution is 8.01. The van der Waals surface area contributed by atoms with Crippen LogP contribution in [0.3, 0.4) is 0 Å². The molecule has 0 aliphatic rings. The smallest absolute Gasteiger partial charge is 0.325 e. The molecule has 5 nitrogen and oxygen atoms in total. The summed E-state index contributed by atoms with van der Waals surface area (Å²) in [7, 11) is 0.396. The fourth-order valence-electron chi connectivity index (χ4n) is 2.66. The van der Waals surface area contributed by atoms with Gasteiger partial charge in [-0.25, -0.2) is 19.3 Å². The number of thioether (sulfide) groups is 1. The van der Waals surface area contributed by atoms with Gasteiger partial charge in [0.05, 0.1) is 29.1 Å². The zero-order chi connectivity index (χ0) is 20.7. The summed E-state index contributed by atoms with van der Waals surface area (Å²) in [6, 6.07) is 2.89. The Morgan fingerprint density at radius 1 is 1.21 bits per heavy atom. The summed E-state index contributed by atoms with van der Waals surface area (Å²) in [6.45, 7) is 2.02. The SMILES string of the molecule is C=S(C)(C)=Nc1cnc(-c2nc3cc(C(F)(F)F)ncc3n2C)c(SCC)c1. The lowest BCUT2D eigenvalue weighted by Crippen LogP contribution is -2.07. The average molecular weight is 428 g/mol. The van der Waals surface area contributed by atoms with Gasteiger partial charge < -0.3 is 4.57 Å². The first-order chi connectivity index (χ1) is 13.0. The number of hydrogen-bond donors (Lipinski definition) is 0. The molecule has 0 radical (unpaired) electrons. The zero-order valence-corrected chi connectivity index (χ0v) is 17.5. The molecule has 0 saturated heterocycles. The van der Waals surface area contributed by atoms with Crippen LogP contribution in [0.25, 0.3) is 22.6 Å². The van der Waals surface area contributed by atoms with Crippen molar-refractivity contribution >= 4 is 43.8 Å². The van der Waals surface area contributed by atoms with Crippen LogP contribution in [-0.4, -0.2) is 43.7 Å². The standard InChI is InChI=1S/C18H20F3N5S2/c1-6-27-14-7-11(25-28(3,4)5)9-23-16(14)17-24-12-8-15(18(19,20)21)22-10-13(12)26(17)2/h7-10H,3,6H2,1-2,4-5H3. The van der Waals surface area contributed by atoms with Crippen LogP contribution in [0.2, 0.25) is 0 Å². The lowest BCUT2D eigenvalue weighted by molar-refractivity contribution is -0.141. The van der Waals surface area contributed by atoms with Crippen molar-refractivity contribution < 1.29 is 13.2 Å². The number of imidazole rings is 1. The molecule has 0 bridgehead atoms. The Balaban J connectivity index is 2.18. The van der Waals surface area contributed by atoms with E-state index in [1.54, 1.807) is 29.6 Å². The predicted octanol–water partition coefficient (Wildman–Crippen LogP) is 4.82. The van der Waals surface area contributed by atoms with Crippen LogP contribution in [-0.2, 0) is 22.6 Å². The summed E-state index contributed by atoms with van der Waals surface area (Å²) >= 11 is 1.58. The van der Waals surface area contributed by atoms with Crippen molar-refractivity contribution in [2.24, 2.45) is 11.4 Å². The Kier molecular flexibility index (Phi) is 5.46. The maximum absolute atomic E-state index is 13.0. The van der Waals surface area contributed by atoms with Gasteiger partial charge in [-0.1, -0.05) is 12.8 Å². The molecule has 3 aromatic heterocycles. The number of hydrogen-bond acceptors (Lipinski definition) is 5. The van der Waals surface area contributed by atoms with Gasteiger partial charge in [0.15, 0.2) is 5.82 Å². The second-order valence-corrected chi connectivity index (χ2v) is 11.0. The maximum Gasteiger partial charge on any atom is 0.433 e. The molecular weight excluding hydrogens is 407 g/mol. The number of pyridine rings is 2. The van der Waals surface area contributed by atoms with E-state index in [4.69, 9.17) is 0 Å². The zero-order valence-electron chi connectivity index (χ0n) is 15.9. The minimum atomic E-state index is -4.51. The number of halogens is 3. The van der Waals surface area contributed by atoms with E-state index in [9.17, 15) is 13.2 Å². The summed E-state index contributed by atoms with van der Waals surface area (Å²) in [5.74, 6) is 5.35. The van der Waals surface area contributed by atoms with E-state index in [1.807, 2.05) is 25.5 Å². The first-order valence-electron chi connectivity index (χ1n) is 8.32. The summed E-state index contributed by atoms with van der Waals surface area (Å²) in [6.07, 6.45) is 2.28. The van der Waals surface area contributed by atoms with Gasteiger partial charge in [0.2, 0.25) is 0 Å². The van der Waals surface area contributed by atoms with Gasteiger partial charge in [0.1, 0.15) is 11.4 Å². The normalized spacial score (nSPS) is 12.5. The van der Waals surface area contributed by atoms with Crippen LogP contribution >= 0.6 is 11.8 Å². The molecule has 0 aromatic carbocycles. The summed E-state index contributed by atoms with van der Waals surface area (Å²) < 4.78 is 45.2. The quantitative estimate of drug-likeness (QED) is 0.442. The molecule has 0 atom stereocenters. The van der Waals surface area contributed by atoms with Gasteiger partial charge in [-0.05, 0) is 30.4 Å². The van der Waals surface area contributed by atoms with Crippen molar-refractivity contribution in [1.29, 1.82) is 0 Å². The summed E-state index contributed by atoms with van der Waals surface area (Å²) in [5.41, 5.74) is 1.11. The van der Waals surface area contributed by atoms with Gasteiger partial charge in [-0.3, -0.25) is 0 Å². The van der Waals surface area contributed by atoms with Crippen LogP contribution in [0, 0.1) is 0 Å². The topological polar surface area (TPSA) is 56.0 Å². The van der Waals surface area contributed by atoms with Crippen LogP contribution in [0.4, 0.5) is 18.9 Å². The molecule has 0 saturated carbocycles. The van der Waals surface area contributed by atoms with Crippen molar-refractivity contribution in [2.45, 2.75) is 18.0 Å². The number of aryl methyl sites for hydroxylation is 1. The molecule has 150 valence electrons. The van der Waals surface area contributed by atoms with Crippen LogP contribution in [0.1, 0.15) is 12.6 Å². The number of rotatable bonds is 4. The Bertz CT molecular complexity index is 1150. The number of nitrogens with zero attached hydrogens (tertiary/aromatic N) is 5. The van der Waals surface area contributed by atoms with E-state index in [2.05, 4.69) is 25.2 Å². The molecule has 0 amide bonds. The highest BCUT2D eigenvalue weighted by Crippen LogP contribution is 2.35. The van der Waals surface area contributed by atoms with E-state index in [0.717, 1.165) is 22.4 Å². The fraction of sp³-hybridized carbons (Fsp3) is 0.333. The van der Waals surface area contributed by atoms with E-state index in [0.29, 0.717) is 17.0 Å². The predicted molar refractivity (Wildman–Crippen MR) is 112 cm³/mol. The molecular formula is C18H20F3N5S2. The lowest BCUT2D eigenvalue weighted by atomic mass is 10.3. The molecule has 0 fully saturated rings. The molecule has 0 unspecified atom stereocenters. The van der Waals surface area contributed by atoms with E-state index < -0.39 is 21.3 Å². The largest absolute Gasteiger partial charge is 0.433 e. The summed E-state index contributed by atoms with van der Waals surface area (Å²) in [5, 5.41) is 0. The first kappa shape index (κ1) is 20.7. The molecule has 0 spiro atoms. The highest BCUT2D eigenvalue weighted by atomic mass is 32.2. The molecule has 3 rings (SSSR count). The first-order valence-corrected chi connectivity index (χ1v) is 11.9. The molecule has 0 N–H and O–H groups in total. The monoisotopic (exact) mass is 427 g/mol. The van der Waals surface area contributed by atoms with Gasteiger partial charge in [-0.15, -0.1) is 21.2 Å². The van der Waals surface area contributed by atoms with Gasteiger partial charge in [0.25, 0.3) is 0 Å². The fourth-order valence-corrected chi connectivity index (χ4v) is 4.12. The molecule has 10 heteroatoms. The molecule has 3 heterocycles. The van der Waals surface area contributed by atoms with Crippen molar-refractivity contribution in [3.05, 3.63) is 30.2 Å². The minimum Gasteiger partial charge on any atom is -0.325 e.